The number of halogens is 1. The quantitative estimate of drug-likeness (QED) is 0.377. The summed E-state index contributed by atoms with van der Waals surface area (Å²) in [7, 11) is 0. The number of nitriles is 1. The third kappa shape index (κ3) is 3.26. The van der Waals surface area contributed by atoms with Crippen molar-refractivity contribution in [2.45, 2.75) is 5.92 Å². The van der Waals surface area contributed by atoms with E-state index in [9.17, 15) is 5.26 Å². The smallest absolute Gasteiger partial charge is 0.199 e. The summed E-state index contributed by atoms with van der Waals surface area (Å²) in [6.07, 6.45) is 0. The molecule has 0 bridgehead atoms. The number of nitrogens with one attached hydrogen (secondary N) is 2. The van der Waals surface area contributed by atoms with E-state index < -0.39 is 0 Å². The van der Waals surface area contributed by atoms with Crippen LogP contribution in [0.5, 0.6) is 0 Å². The molecule has 4 rings (SSSR count). The van der Waals surface area contributed by atoms with Crippen molar-refractivity contribution in [2.75, 3.05) is 5.32 Å². The fourth-order valence-corrected chi connectivity index (χ4v) is 3.86. The molecule has 132 valence electrons. The molecule has 1 aliphatic rings. The van der Waals surface area contributed by atoms with E-state index in [4.69, 9.17) is 23.8 Å². The first-order valence-electron chi connectivity index (χ1n) is 8.14. The highest BCUT2D eigenvalue weighted by Crippen LogP contribution is 2.45. The Morgan fingerprint density at radius 2 is 1.81 bits per heavy atom. The van der Waals surface area contributed by atoms with E-state index in [1.165, 1.54) is 0 Å². The van der Waals surface area contributed by atoms with Gasteiger partial charge in [0.1, 0.15) is 5.82 Å². The molecule has 27 heavy (non-hydrogen) atoms. The molecule has 4 nitrogen and oxygen atoms in total. The zero-order valence-electron chi connectivity index (χ0n) is 13.9. The van der Waals surface area contributed by atoms with Crippen molar-refractivity contribution in [2.24, 2.45) is 0 Å². The molecule has 1 aromatic heterocycles. The number of allylic oxidation sites excluding steroid dienone is 1. The number of rotatable bonds is 2. The van der Waals surface area contributed by atoms with Crippen molar-refractivity contribution in [3.63, 3.8) is 0 Å². The monoisotopic (exact) mass is 408 g/mol. The molecule has 1 aliphatic heterocycles. The number of thiol groups is 1. The first-order valence-corrected chi connectivity index (χ1v) is 9.37. The third-order valence-electron chi connectivity index (χ3n) is 4.43. The van der Waals surface area contributed by atoms with Gasteiger partial charge in [-0.15, -0.1) is 12.6 Å². The van der Waals surface area contributed by atoms with E-state index in [2.05, 4.69) is 34.0 Å². The van der Waals surface area contributed by atoms with Crippen LogP contribution in [-0.2, 0) is 0 Å². The van der Waals surface area contributed by atoms with E-state index in [1.54, 1.807) is 0 Å². The number of anilines is 1. The number of benzene rings is 2. The molecule has 0 fully saturated rings. The number of aromatic amines is 1. The van der Waals surface area contributed by atoms with Gasteiger partial charge in [0.05, 0.1) is 28.3 Å². The Morgan fingerprint density at radius 3 is 2.48 bits per heavy atom. The average Bonchev–Trinajstić information content (AvgIpc) is 2.67. The number of hydrogen-bond donors (Lipinski definition) is 3. The molecular formula is C20H13ClN4S2. The van der Waals surface area contributed by atoms with Crippen LogP contribution in [0.2, 0.25) is 5.02 Å². The van der Waals surface area contributed by atoms with Crippen LogP contribution in [0, 0.1) is 16.1 Å². The van der Waals surface area contributed by atoms with E-state index in [-0.39, 0.29) is 5.92 Å². The van der Waals surface area contributed by atoms with Gasteiger partial charge in [0, 0.05) is 10.6 Å². The minimum absolute atomic E-state index is 0.342. The molecule has 2 heterocycles. The molecule has 1 atom stereocenters. The fraction of sp³-hybridized carbons (Fsp3) is 0.0500. The van der Waals surface area contributed by atoms with Crippen molar-refractivity contribution in [3.8, 4) is 17.3 Å². The Hall–Kier alpha value is -2.59. The SMILES string of the molecule is N#CC1=C(S)Nc2nc(=S)[nH]c(-c3ccccc3)c2C1c1ccc(Cl)cc1. The molecule has 2 aromatic carbocycles. The summed E-state index contributed by atoms with van der Waals surface area (Å²) in [6.45, 7) is 0. The van der Waals surface area contributed by atoms with E-state index in [0.717, 1.165) is 22.4 Å². The Morgan fingerprint density at radius 1 is 1.11 bits per heavy atom. The highest BCUT2D eigenvalue weighted by Gasteiger charge is 2.32. The van der Waals surface area contributed by atoms with Crippen molar-refractivity contribution in [1.82, 2.24) is 9.97 Å². The summed E-state index contributed by atoms with van der Waals surface area (Å²) in [4.78, 5) is 7.64. The molecule has 0 saturated carbocycles. The second-order valence-electron chi connectivity index (χ2n) is 6.03. The van der Waals surface area contributed by atoms with Gasteiger partial charge >= 0.3 is 0 Å². The highest BCUT2D eigenvalue weighted by atomic mass is 35.5. The summed E-state index contributed by atoms with van der Waals surface area (Å²) in [6, 6.07) is 19.6. The molecule has 3 aromatic rings. The molecule has 0 spiro atoms. The lowest BCUT2D eigenvalue weighted by atomic mass is 9.82. The van der Waals surface area contributed by atoms with Crippen LogP contribution in [0.25, 0.3) is 11.3 Å². The highest BCUT2D eigenvalue weighted by molar-refractivity contribution is 7.84. The lowest BCUT2D eigenvalue weighted by Crippen LogP contribution is -2.19. The van der Waals surface area contributed by atoms with Gasteiger partial charge in [0.25, 0.3) is 0 Å². The number of fused-ring (bicyclic) bond motifs is 1. The Labute approximate surface area is 172 Å². The molecule has 2 N–H and O–H groups in total. The second-order valence-corrected chi connectivity index (χ2v) is 7.30. The second kappa shape index (κ2) is 7.20. The largest absolute Gasteiger partial charge is 0.334 e. The van der Waals surface area contributed by atoms with E-state index >= 15 is 0 Å². The van der Waals surface area contributed by atoms with Crippen LogP contribution in [-0.4, -0.2) is 9.97 Å². The molecule has 7 heteroatoms. The Balaban J connectivity index is 2.04. The fourth-order valence-electron chi connectivity index (χ4n) is 3.26. The standard InChI is InChI=1S/C20H13ClN4S2/c21-13-8-6-11(7-9-13)15-14(10-22)19(26)24-18-16(15)17(23-20(27)25-18)12-4-2-1-3-5-12/h1-9,15,26H,(H2,23,24,25,27). The minimum atomic E-state index is -0.342. The van der Waals surface area contributed by atoms with E-state index in [1.807, 2.05) is 54.6 Å². The van der Waals surface area contributed by atoms with Crippen LogP contribution in [0.3, 0.4) is 0 Å². The molecule has 0 radical (unpaired) electrons. The maximum Gasteiger partial charge on any atom is 0.199 e. The van der Waals surface area contributed by atoms with Crippen LogP contribution in [0.1, 0.15) is 17.0 Å². The average molecular weight is 409 g/mol. The maximum absolute atomic E-state index is 9.82. The predicted octanol–water partition coefficient (Wildman–Crippen LogP) is 5.68. The molecular weight excluding hydrogens is 396 g/mol. The molecule has 0 aliphatic carbocycles. The summed E-state index contributed by atoms with van der Waals surface area (Å²) >= 11 is 15.9. The summed E-state index contributed by atoms with van der Waals surface area (Å²) in [5, 5.41) is 14.0. The van der Waals surface area contributed by atoms with Crippen LogP contribution >= 0.6 is 36.4 Å². The predicted molar refractivity (Wildman–Crippen MR) is 113 cm³/mol. The summed E-state index contributed by atoms with van der Waals surface area (Å²) < 4.78 is 0.358. The molecule has 0 saturated heterocycles. The number of H-pyrrole nitrogens is 1. The van der Waals surface area contributed by atoms with Crippen molar-refractivity contribution in [1.29, 1.82) is 5.26 Å². The Bertz CT molecular complexity index is 1150. The maximum atomic E-state index is 9.82. The van der Waals surface area contributed by atoms with Gasteiger partial charge in [-0.3, -0.25) is 0 Å². The van der Waals surface area contributed by atoms with Gasteiger partial charge in [-0.1, -0.05) is 54.1 Å². The van der Waals surface area contributed by atoms with E-state index in [0.29, 0.717) is 26.2 Å². The van der Waals surface area contributed by atoms with Gasteiger partial charge < -0.3 is 10.3 Å². The Kier molecular flexibility index (Phi) is 4.75. The third-order valence-corrected chi connectivity index (χ3v) is 5.22. The van der Waals surface area contributed by atoms with Crippen LogP contribution < -0.4 is 5.32 Å². The van der Waals surface area contributed by atoms with Gasteiger partial charge in [0.15, 0.2) is 4.77 Å². The van der Waals surface area contributed by atoms with Crippen molar-refractivity contribution >= 4 is 42.3 Å². The van der Waals surface area contributed by atoms with Crippen LogP contribution in [0.15, 0.2) is 65.2 Å². The zero-order chi connectivity index (χ0) is 19.0. The van der Waals surface area contributed by atoms with Gasteiger partial charge in [-0.05, 0) is 35.5 Å². The summed E-state index contributed by atoms with van der Waals surface area (Å²) in [5.74, 6) is 0.257. The van der Waals surface area contributed by atoms with Crippen molar-refractivity contribution < 1.29 is 0 Å². The molecule has 1 unspecified atom stereocenters. The number of aromatic nitrogens is 2. The summed E-state index contributed by atoms with van der Waals surface area (Å²) in [5.41, 5.74) is 4.08. The minimum Gasteiger partial charge on any atom is -0.334 e. The normalized spacial score (nSPS) is 15.7. The lowest BCUT2D eigenvalue weighted by molar-refractivity contribution is 0.922. The zero-order valence-corrected chi connectivity index (χ0v) is 16.4. The number of nitrogens with zero attached hydrogens (tertiary/aromatic N) is 2. The topological polar surface area (TPSA) is 64.5 Å². The lowest BCUT2D eigenvalue weighted by Gasteiger charge is -2.28. The first-order chi connectivity index (χ1) is 13.1. The van der Waals surface area contributed by atoms with Crippen molar-refractivity contribution in [3.05, 3.63) is 86.1 Å². The number of hydrogen-bond acceptors (Lipinski definition) is 5. The van der Waals surface area contributed by atoms with Crippen LogP contribution in [0.4, 0.5) is 5.82 Å². The molecule has 0 amide bonds. The van der Waals surface area contributed by atoms with Gasteiger partial charge in [0.2, 0.25) is 0 Å². The first kappa shape index (κ1) is 17.8. The van der Waals surface area contributed by atoms with Gasteiger partial charge in [-0.25, -0.2) is 4.98 Å². The van der Waals surface area contributed by atoms with Gasteiger partial charge in [-0.2, -0.15) is 5.26 Å².